The molecule has 1 aliphatic rings. The van der Waals surface area contributed by atoms with Crippen LogP contribution in [0.1, 0.15) is 32.1 Å². The molecule has 3 nitrogen and oxygen atoms in total. The van der Waals surface area contributed by atoms with E-state index in [4.69, 9.17) is 10.5 Å². The van der Waals surface area contributed by atoms with Gasteiger partial charge in [0.2, 0.25) is 0 Å². The van der Waals surface area contributed by atoms with E-state index in [-0.39, 0.29) is 0 Å². The molecule has 0 unspecified atom stereocenters. The van der Waals surface area contributed by atoms with Gasteiger partial charge in [-0.25, -0.2) is 0 Å². The van der Waals surface area contributed by atoms with E-state index in [2.05, 4.69) is 21.2 Å². The van der Waals surface area contributed by atoms with Gasteiger partial charge in [0.25, 0.3) is 0 Å². The van der Waals surface area contributed by atoms with E-state index in [1.165, 1.54) is 32.1 Å². The average molecular weight is 299 g/mol. The summed E-state index contributed by atoms with van der Waals surface area (Å²) in [5, 5.41) is 3.53. The number of ether oxygens (including phenoxy) is 1. The van der Waals surface area contributed by atoms with E-state index in [9.17, 15) is 0 Å². The van der Waals surface area contributed by atoms with Crippen molar-refractivity contribution in [1.29, 1.82) is 0 Å². The molecule has 1 fully saturated rings. The van der Waals surface area contributed by atoms with Gasteiger partial charge >= 0.3 is 0 Å². The van der Waals surface area contributed by atoms with Crippen LogP contribution in [0.5, 0.6) is 5.75 Å². The normalized spacial score (nSPS) is 16.8. The van der Waals surface area contributed by atoms with E-state index >= 15 is 0 Å². The highest BCUT2D eigenvalue weighted by Crippen LogP contribution is 2.34. The van der Waals surface area contributed by atoms with Gasteiger partial charge in [0.15, 0.2) is 0 Å². The van der Waals surface area contributed by atoms with Crippen LogP contribution >= 0.6 is 15.9 Å². The maximum absolute atomic E-state index is 6.01. The summed E-state index contributed by atoms with van der Waals surface area (Å²) >= 11 is 3.43. The highest BCUT2D eigenvalue weighted by molar-refractivity contribution is 9.10. The number of benzene rings is 1. The van der Waals surface area contributed by atoms with Gasteiger partial charge in [-0.2, -0.15) is 0 Å². The molecule has 0 radical (unpaired) electrons. The van der Waals surface area contributed by atoms with Crippen molar-refractivity contribution in [3.63, 3.8) is 0 Å². The molecule has 0 bridgehead atoms. The first kappa shape index (κ1) is 12.6. The standard InChI is InChI=1S/C13H19BrN2O/c1-17-13-8-12(11(15)7-10(13)14)16-9-5-3-2-4-6-9/h7-9,16H,2-6,15H2,1H3. The Kier molecular flexibility index (Phi) is 4.15. The molecule has 0 amide bonds. The fourth-order valence-corrected chi connectivity index (χ4v) is 2.84. The minimum absolute atomic E-state index is 0.553. The second-order valence-corrected chi connectivity index (χ2v) is 5.41. The molecule has 0 aromatic heterocycles. The molecule has 0 saturated heterocycles. The van der Waals surface area contributed by atoms with E-state index in [0.717, 1.165) is 21.6 Å². The number of hydrogen-bond donors (Lipinski definition) is 2. The smallest absolute Gasteiger partial charge is 0.135 e. The molecule has 0 aliphatic heterocycles. The van der Waals surface area contributed by atoms with Crippen molar-refractivity contribution >= 4 is 27.3 Å². The molecular weight excluding hydrogens is 280 g/mol. The van der Waals surface area contributed by atoms with Crippen molar-refractivity contribution in [1.82, 2.24) is 0 Å². The summed E-state index contributed by atoms with van der Waals surface area (Å²) < 4.78 is 6.18. The topological polar surface area (TPSA) is 47.3 Å². The summed E-state index contributed by atoms with van der Waals surface area (Å²) in [6.45, 7) is 0. The van der Waals surface area contributed by atoms with Gasteiger partial charge in [-0.15, -0.1) is 0 Å². The number of nitrogens with two attached hydrogens (primary N) is 1. The monoisotopic (exact) mass is 298 g/mol. The fraction of sp³-hybridized carbons (Fsp3) is 0.538. The Morgan fingerprint density at radius 3 is 2.65 bits per heavy atom. The summed E-state index contributed by atoms with van der Waals surface area (Å²) in [5.74, 6) is 0.817. The molecule has 1 saturated carbocycles. The lowest BCUT2D eigenvalue weighted by Gasteiger charge is -2.25. The predicted molar refractivity (Wildman–Crippen MR) is 75.6 cm³/mol. The highest BCUT2D eigenvalue weighted by Gasteiger charge is 2.15. The molecule has 0 atom stereocenters. The largest absolute Gasteiger partial charge is 0.495 e. The molecule has 1 aliphatic carbocycles. The number of anilines is 2. The van der Waals surface area contributed by atoms with Crippen LogP contribution in [-0.4, -0.2) is 13.2 Å². The summed E-state index contributed by atoms with van der Waals surface area (Å²) in [6, 6.07) is 4.41. The van der Waals surface area contributed by atoms with Crippen molar-refractivity contribution in [3.05, 3.63) is 16.6 Å². The summed E-state index contributed by atoms with van der Waals surface area (Å²) in [7, 11) is 1.67. The van der Waals surface area contributed by atoms with E-state index in [1.54, 1.807) is 7.11 Å². The number of nitrogens with one attached hydrogen (secondary N) is 1. The Morgan fingerprint density at radius 1 is 1.29 bits per heavy atom. The lowest BCUT2D eigenvalue weighted by Crippen LogP contribution is -2.22. The number of nitrogen functional groups attached to an aromatic ring is 1. The van der Waals surface area contributed by atoms with Crippen LogP contribution in [0.3, 0.4) is 0 Å². The van der Waals surface area contributed by atoms with Crippen molar-refractivity contribution in [2.75, 3.05) is 18.2 Å². The van der Waals surface area contributed by atoms with Crippen LogP contribution in [0.25, 0.3) is 0 Å². The van der Waals surface area contributed by atoms with Gasteiger partial charge in [-0.1, -0.05) is 19.3 Å². The Balaban J connectivity index is 2.13. The lowest BCUT2D eigenvalue weighted by molar-refractivity contribution is 0.412. The van der Waals surface area contributed by atoms with Crippen LogP contribution in [0, 0.1) is 0 Å². The van der Waals surface area contributed by atoms with E-state index in [0.29, 0.717) is 6.04 Å². The van der Waals surface area contributed by atoms with Crippen LogP contribution in [0.15, 0.2) is 16.6 Å². The van der Waals surface area contributed by atoms with Gasteiger partial charge in [0.05, 0.1) is 23.0 Å². The molecule has 0 spiro atoms. The van der Waals surface area contributed by atoms with Crippen molar-refractivity contribution < 1.29 is 4.74 Å². The Bertz CT molecular complexity index is 389. The van der Waals surface area contributed by atoms with E-state index < -0.39 is 0 Å². The minimum atomic E-state index is 0.553. The maximum atomic E-state index is 6.01. The average Bonchev–Trinajstić information content (AvgIpc) is 2.34. The zero-order valence-electron chi connectivity index (χ0n) is 10.1. The maximum Gasteiger partial charge on any atom is 0.135 e. The second kappa shape index (κ2) is 5.63. The summed E-state index contributed by atoms with van der Waals surface area (Å²) in [5.41, 5.74) is 7.76. The van der Waals surface area contributed by atoms with Gasteiger partial charge in [-0.05, 0) is 34.8 Å². The number of hydrogen-bond acceptors (Lipinski definition) is 3. The first-order valence-electron chi connectivity index (χ1n) is 6.10. The fourth-order valence-electron chi connectivity index (χ4n) is 2.32. The van der Waals surface area contributed by atoms with Gasteiger partial charge in [0, 0.05) is 12.1 Å². The second-order valence-electron chi connectivity index (χ2n) is 4.55. The molecular formula is C13H19BrN2O. The first-order chi connectivity index (χ1) is 8.20. The highest BCUT2D eigenvalue weighted by atomic mass is 79.9. The van der Waals surface area contributed by atoms with Crippen LogP contribution in [0.2, 0.25) is 0 Å². The SMILES string of the molecule is COc1cc(NC2CCCCC2)c(N)cc1Br. The third-order valence-electron chi connectivity index (χ3n) is 3.29. The Hall–Kier alpha value is -0.900. The summed E-state index contributed by atoms with van der Waals surface area (Å²) in [6.07, 6.45) is 6.45. The van der Waals surface area contributed by atoms with Crippen LogP contribution < -0.4 is 15.8 Å². The predicted octanol–water partition coefficient (Wildman–Crippen LogP) is 3.78. The van der Waals surface area contributed by atoms with E-state index in [1.807, 2.05) is 12.1 Å². The molecule has 4 heteroatoms. The first-order valence-corrected chi connectivity index (χ1v) is 6.89. The molecule has 1 aromatic carbocycles. The zero-order chi connectivity index (χ0) is 12.3. The van der Waals surface area contributed by atoms with Crippen LogP contribution in [0.4, 0.5) is 11.4 Å². The molecule has 94 valence electrons. The number of methoxy groups -OCH3 is 1. The zero-order valence-corrected chi connectivity index (χ0v) is 11.7. The van der Waals surface area contributed by atoms with Gasteiger partial charge in [-0.3, -0.25) is 0 Å². The molecule has 2 rings (SSSR count). The quantitative estimate of drug-likeness (QED) is 0.835. The molecule has 1 aromatic rings. The van der Waals surface area contributed by atoms with Crippen molar-refractivity contribution in [2.24, 2.45) is 0 Å². The van der Waals surface area contributed by atoms with Crippen molar-refractivity contribution in [3.8, 4) is 5.75 Å². The van der Waals surface area contributed by atoms with Crippen LogP contribution in [-0.2, 0) is 0 Å². The van der Waals surface area contributed by atoms with Crippen molar-refractivity contribution in [2.45, 2.75) is 38.1 Å². The minimum Gasteiger partial charge on any atom is -0.495 e. The third kappa shape index (κ3) is 3.06. The van der Waals surface area contributed by atoms with Gasteiger partial charge in [0.1, 0.15) is 5.75 Å². The molecule has 17 heavy (non-hydrogen) atoms. The van der Waals surface area contributed by atoms with Gasteiger partial charge < -0.3 is 15.8 Å². The third-order valence-corrected chi connectivity index (χ3v) is 3.91. The number of rotatable bonds is 3. The molecule has 0 heterocycles. The Labute approximate surface area is 111 Å². The number of halogens is 1. The molecule has 3 N–H and O–H groups in total. The lowest BCUT2D eigenvalue weighted by atomic mass is 9.95. The Morgan fingerprint density at radius 2 is 2.00 bits per heavy atom. The summed E-state index contributed by atoms with van der Waals surface area (Å²) in [4.78, 5) is 0.